The normalized spacial score (nSPS) is 13.0. The molecule has 5 nitrogen and oxygen atoms in total. The van der Waals surface area contributed by atoms with Crippen LogP contribution in [0.4, 0.5) is 4.39 Å². The second-order valence-electron chi connectivity index (χ2n) is 6.91. The smallest absolute Gasteiger partial charge is 0.191 e. The topological polar surface area (TPSA) is 70.6 Å². The lowest BCUT2D eigenvalue weighted by Crippen LogP contribution is -2.42. The van der Waals surface area contributed by atoms with Gasteiger partial charge in [-0.15, -0.1) is 0 Å². The molecule has 1 rings (SSSR count). The molecule has 0 aromatic heterocycles. The van der Waals surface area contributed by atoms with Crippen LogP contribution in [0.1, 0.15) is 31.4 Å². The highest BCUT2D eigenvalue weighted by molar-refractivity contribution is 7.90. The van der Waals surface area contributed by atoms with Gasteiger partial charge in [0.25, 0.3) is 0 Å². The molecule has 1 aromatic carbocycles. The Morgan fingerprint density at radius 2 is 1.96 bits per heavy atom. The van der Waals surface area contributed by atoms with Gasteiger partial charge in [0.1, 0.15) is 15.7 Å². The number of aryl methyl sites for hydroxylation is 1. The molecule has 0 fully saturated rings. The Morgan fingerprint density at radius 3 is 2.50 bits per heavy atom. The van der Waals surface area contributed by atoms with E-state index in [0.717, 1.165) is 5.56 Å². The minimum atomic E-state index is -2.96. The van der Waals surface area contributed by atoms with Crippen molar-refractivity contribution in [3.8, 4) is 0 Å². The zero-order chi connectivity index (χ0) is 18.4. The molecule has 24 heavy (non-hydrogen) atoms. The van der Waals surface area contributed by atoms with E-state index in [1.165, 1.54) is 12.3 Å². The second-order valence-corrected chi connectivity index (χ2v) is 9.17. The molecule has 1 aromatic rings. The summed E-state index contributed by atoms with van der Waals surface area (Å²) >= 11 is 0. The molecule has 0 aliphatic carbocycles. The number of nitrogens with one attached hydrogen (secondary N) is 2. The standard InChI is InChI=1S/C17H28FN3O2S/c1-13-6-7-14(10-15(13)18)11-20-16(19-4)21-12-17(2,3)8-9-24(5,22)23/h6-7,10H,8-9,11-12H2,1-5H3,(H2,19,20,21). The van der Waals surface area contributed by atoms with Crippen molar-refractivity contribution in [2.24, 2.45) is 10.4 Å². The van der Waals surface area contributed by atoms with Gasteiger partial charge in [0, 0.05) is 26.4 Å². The fourth-order valence-electron chi connectivity index (χ4n) is 2.03. The predicted molar refractivity (Wildman–Crippen MR) is 97.4 cm³/mol. The summed E-state index contributed by atoms with van der Waals surface area (Å²) in [6.07, 6.45) is 1.82. The first-order valence-corrected chi connectivity index (χ1v) is 9.96. The maximum atomic E-state index is 13.5. The summed E-state index contributed by atoms with van der Waals surface area (Å²) < 4.78 is 36.1. The molecule has 0 atom stereocenters. The van der Waals surface area contributed by atoms with Gasteiger partial charge < -0.3 is 10.6 Å². The number of hydrogen-bond acceptors (Lipinski definition) is 3. The summed E-state index contributed by atoms with van der Waals surface area (Å²) in [5.41, 5.74) is 1.27. The number of aliphatic imine (C=N–C) groups is 1. The van der Waals surface area contributed by atoms with Crippen LogP contribution >= 0.6 is 0 Å². The zero-order valence-electron chi connectivity index (χ0n) is 15.1. The number of guanidine groups is 1. The molecule has 0 heterocycles. The molecule has 136 valence electrons. The van der Waals surface area contributed by atoms with Crippen molar-refractivity contribution in [3.63, 3.8) is 0 Å². The molecular formula is C17H28FN3O2S. The minimum absolute atomic E-state index is 0.163. The summed E-state index contributed by atoms with van der Waals surface area (Å²) in [7, 11) is -1.30. The van der Waals surface area contributed by atoms with Crippen molar-refractivity contribution in [2.75, 3.05) is 25.6 Å². The highest BCUT2D eigenvalue weighted by Crippen LogP contribution is 2.19. The Morgan fingerprint density at radius 1 is 1.29 bits per heavy atom. The summed E-state index contributed by atoms with van der Waals surface area (Å²) in [5, 5.41) is 6.32. The Hall–Kier alpha value is -1.63. The summed E-state index contributed by atoms with van der Waals surface area (Å²) in [4.78, 5) is 4.14. The largest absolute Gasteiger partial charge is 0.356 e. The average Bonchev–Trinajstić information content (AvgIpc) is 2.48. The van der Waals surface area contributed by atoms with Crippen molar-refractivity contribution < 1.29 is 12.8 Å². The maximum absolute atomic E-state index is 13.5. The number of halogens is 1. The van der Waals surface area contributed by atoms with E-state index in [9.17, 15) is 12.8 Å². The van der Waals surface area contributed by atoms with Crippen LogP contribution in [-0.4, -0.2) is 40.0 Å². The maximum Gasteiger partial charge on any atom is 0.191 e. The highest BCUT2D eigenvalue weighted by atomic mass is 32.2. The second kappa shape index (κ2) is 8.46. The molecule has 2 N–H and O–H groups in total. The molecule has 7 heteroatoms. The van der Waals surface area contributed by atoms with Crippen LogP contribution in [-0.2, 0) is 16.4 Å². The molecule has 0 aliphatic heterocycles. The van der Waals surface area contributed by atoms with E-state index in [1.807, 2.05) is 19.9 Å². The zero-order valence-corrected chi connectivity index (χ0v) is 15.9. The summed E-state index contributed by atoms with van der Waals surface area (Å²) in [6, 6.07) is 5.12. The van der Waals surface area contributed by atoms with E-state index in [1.54, 1.807) is 20.0 Å². The fourth-order valence-corrected chi connectivity index (χ4v) is 2.95. The predicted octanol–water partition coefficient (Wildman–Crippen LogP) is 2.26. The molecule has 0 aliphatic rings. The molecule has 0 bridgehead atoms. The Labute approximate surface area is 144 Å². The first-order valence-electron chi connectivity index (χ1n) is 7.90. The average molecular weight is 357 g/mol. The van der Waals surface area contributed by atoms with E-state index in [-0.39, 0.29) is 17.0 Å². The van der Waals surface area contributed by atoms with Crippen molar-refractivity contribution in [1.29, 1.82) is 0 Å². The Balaban J connectivity index is 2.51. The van der Waals surface area contributed by atoms with Crippen LogP contribution in [0.2, 0.25) is 0 Å². The van der Waals surface area contributed by atoms with Crippen LogP contribution in [0.3, 0.4) is 0 Å². The molecule has 0 spiro atoms. The monoisotopic (exact) mass is 357 g/mol. The molecule has 0 saturated heterocycles. The third-order valence-electron chi connectivity index (χ3n) is 3.80. The molecule has 0 amide bonds. The van der Waals surface area contributed by atoms with Gasteiger partial charge in [-0.3, -0.25) is 4.99 Å². The van der Waals surface area contributed by atoms with Gasteiger partial charge in [-0.25, -0.2) is 12.8 Å². The van der Waals surface area contributed by atoms with Gasteiger partial charge in [0.15, 0.2) is 5.96 Å². The SMILES string of the molecule is CN=C(NCc1ccc(C)c(F)c1)NCC(C)(C)CCS(C)(=O)=O. The number of hydrogen-bond donors (Lipinski definition) is 2. The first kappa shape index (κ1) is 20.4. The van der Waals surface area contributed by atoms with Gasteiger partial charge >= 0.3 is 0 Å². The summed E-state index contributed by atoms with van der Waals surface area (Å²) in [6.45, 7) is 6.79. The lowest BCUT2D eigenvalue weighted by Gasteiger charge is -2.25. The van der Waals surface area contributed by atoms with Gasteiger partial charge in [-0.05, 0) is 36.0 Å². The Kier molecular flexibility index (Phi) is 7.20. The van der Waals surface area contributed by atoms with Gasteiger partial charge in [0.2, 0.25) is 0 Å². The van der Waals surface area contributed by atoms with Crippen LogP contribution in [0.5, 0.6) is 0 Å². The minimum Gasteiger partial charge on any atom is -0.356 e. The molecule has 0 radical (unpaired) electrons. The lowest BCUT2D eigenvalue weighted by atomic mass is 9.90. The van der Waals surface area contributed by atoms with Crippen LogP contribution in [0, 0.1) is 18.2 Å². The van der Waals surface area contributed by atoms with Crippen LogP contribution < -0.4 is 10.6 Å². The van der Waals surface area contributed by atoms with Crippen molar-refractivity contribution in [2.45, 2.75) is 33.7 Å². The van der Waals surface area contributed by atoms with Crippen LogP contribution in [0.15, 0.2) is 23.2 Å². The van der Waals surface area contributed by atoms with E-state index < -0.39 is 9.84 Å². The highest BCUT2D eigenvalue weighted by Gasteiger charge is 2.20. The van der Waals surface area contributed by atoms with Crippen molar-refractivity contribution in [3.05, 3.63) is 35.1 Å². The van der Waals surface area contributed by atoms with Crippen molar-refractivity contribution in [1.82, 2.24) is 10.6 Å². The van der Waals surface area contributed by atoms with Gasteiger partial charge in [0.05, 0.1) is 5.75 Å². The van der Waals surface area contributed by atoms with Crippen molar-refractivity contribution >= 4 is 15.8 Å². The van der Waals surface area contributed by atoms with E-state index in [2.05, 4.69) is 15.6 Å². The third kappa shape index (κ3) is 7.77. The van der Waals surface area contributed by atoms with E-state index in [4.69, 9.17) is 0 Å². The van der Waals surface area contributed by atoms with E-state index >= 15 is 0 Å². The Bertz CT molecular complexity index is 685. The van der Waals surface area contributed by atoms with Gasteiger partial charge in [-0.1, -0.05) is 26.0 Å². The lowest BCUT2D eigenvalue weighted by molar-refractivity contribution is 0.348. The fraction of sp³-hybridized carbons (Fsp3) is 0.588. The van der Waals surface area contributed by atoms with Gasteiger partial charge in [-0.2, -0.15) is 0 Å². The molecule has 0 unspecified atom stereocenters. The third-order valence-corrected chi connectivity index (χ3v) is 4.75. The first-order chi connectivity index (χ1) is 11.0. The van der Waals surface area contributed by atoms with E-state index in [0.29, 0.717) is 31.0 Å². The summed E-state index contributed by atoms with van der Waals surface area (Å²) in [5.74, 6) is 0.540. The number of sulfone groups is 1. The molecular weight excluding hydrogens is 329 g/mol. The van der Waals surface area contributed by atoms with Crippen LogP contribution in [0.25, 0.3) is 0 Å². The number of nitrogens with zero attached hydrogens (tertiary/aromatic N) is 1. The number of benzene rings is 1. The number of rotatable bonds is 7. The molecule has 0 saturated carbocycles. The quantitative estimate of drug-likeness (QED) is 0.580.